The minimum absolute atomic E-state index is 0.0308. The zero-order valence-corrected chi connectivity index (χ0v) is 11.8. The maximum absolute atomic E-state index is 12.4. The summed E-state index contributed by atoms with van der Waals surface area (Å²) < 4.78 is 5.54. The van der Waals surface area contributed by atoms with E-state index in [1.165, 1.54) is 0 Å². The van der Waals surface area contributed by atoms with Crippen molar-refractivity contribution in [1.82, 2.24) is 20.9 Å². The third kappa shape index (κ3) is 2.86. The van der Waals surface area contributed by atoms with Crippen LogP contribution in [-0.2, 0) is 14.3 Å². The monoisotopic (exact) mass is 296 g/mol. The molecule has 0 aromatic heterocycles. The minimum atomic E-state index is -0.948. The largest absolute Gasteiger partial charge is 0.375 e. The molecule has 3 fully saturated rings. The van der Waals surface area contributed by atoms with Crippen molar-refractivity contribution in [3.63, 3.8) is 0 Å². The molecule has 0 aliphatic carbocycles. The number of carbonyl (C=O) groups excluding carboxylic acids is 3. The molecule has 4 amide bonds. The highest BCUT2D eigenvalue weighted by molar-refractivity contribution is 6.07. The van der Waals surface area contributed by atoms with Crippen molar-refractivity contribution in [3.05, 3.63) is 0 Å². The van der Waals surface area contributed by atoms with E-state index in [-0.39, 0.29) is 24.5 Å². The summed E-state index contributed by atoms with van der Waals surface area (Å²) in [5, 5.41) is 8.11. The zero-order valence-electron chi connectivity index (χ0n) is 11.8. The third-order valence-electron chi connectivity index (χ3n) is 4.27. The first-order chi connectivity index (χ1) is 10.1. The molecule has 3 aliphatic rings. The lowest BCUT2D eigenvalue weighted by Crippen LogP contribution is -2.60. The number of rotatable bonds is 2. The second-order valence-electron chi connectivity index (χ2n) is 5.81. The number of imide groups is 1. The average molecular weight is 296 g/mol. The van der Waals surface area contributed by atoms with Gasteiger partial charge in [-0.25, -0.2) is 4.79 Å². The first kappa shape index (κ1) is 14.3. The maximum Gasteiger partial charge on any atom is 0.322 e. The van der Waals surface area contributed by atoms with Gasteiger partial charge in [-0.05, 0) is 12.8 Å². The van der Waals surface area contributed by atoms with Crippen LogP contribution in [0.5, 0.6) is 0 Å². The fourth-order valence-corrected chi connectivity index (χ4v) is 3.16. The van der Waals surface area contributed by atoms with Crippen molar-refractivity contribution in [2.75, 3.05) is 32.8 Å². The molecule has 0 aromatic carbocycles. The molecule has 2 atom stereocenters. The van der Waals surface area contributed by atoms with Gasteiger partial charge in [0.05, 0.1) is 25.7 Å². The van der Waals surface area contributed by atoms with E-state index in [0.29, 0.717) is 39.0 Å². The van der Waals surface area contributed by atoms with Gasteiger partial charge in [-0.1, -0.05) is 0 Å². The van der Waals surface area contributed by atoms with Crippen LogP contribution < -0.4 is 16.0 Å². The molecule has 21 heavy (non-hydrogen) atoms. The van der Waals surface area contributed by atoms with Crippen LogP contribution in [-0.4, -0.2) is 67.2 Å². The van der Waals surface area contributed by atoms with Gasteiger partial charge in [-0.15, -0.1) is 0 Å². The van der Waals surface area contributed by atoms with Gasteiger partial charge in [0.1, 0.15) is 5.54 Å². The summed E-state index contributed by atoms with van der Waals surface area (Å²) in [7, 11) is 0. The topological polar surface area (TPSA) is 99.8 Å². The number of carbonyl (C=O) groups is 3. The van der Waals surface area contributed by atoms with Gasteiger partial charge in [0.15, 0.2) is 0 Å². The summed E-state index contributed by atoms with van der Waals surface area (Å²) in [4.78, 5) is 37.3. The Hall–Kier alpha value is -1.67. The molecule has 0 aromatic rings. The van der Waals surface area contributed by atoms with Crippen molar-refractivity contribution >= 4 is 17.8 Å². The van der Waals surface area contributed by atoms with Gasteiger partial charge in [0, 0.05) is 19.6 Å². The Bertz CT molecular complexity index is 463. The van der Waals surface area contributed by atoms with Crippen molar-refractivity contribution in [1.29, 1.82) is 0 Å². The maximum atomic E-state index is 12.4. The number of ether oxygens (including phenoxy) is 1. The van der Waals surface area contributed by atoms with E-state index in [9.17, 15) is 14.4 Å². The Morgan fingerprint density at radius 2 is 2.29 bits per heavy atom. The minimum Gasteiger partial charge on any atom is -0.375 e. The fourth-order valence-electron chi connectivity index (χ4n) is 3.16. The summed E-state index contributed by atoms with van der Waals surface area (Å²) in [6.07, 6.45) is 1.45. The Labute approximate surface area is 122 Å². The Morgan fingerprint density at radius 3 is 2.95 bits per heavy atom. The molecule has 1 spiro atoms. The number of likely N-dealkylation sites (tertiary alicyclic amines) is 1. The molecule has 3 saturated heterocycles. The summed E-state index contributed by atoms with van der Waals surface area (Å²) in [6.45, 7) is 2.94. The molecule has 2 unspecified atom stereocenters. The van der Waals surface area contributed by atoms with Crippen molar-refractivity contribution in [3.8, 4) is 0 Å². The van der Waals surface area contributed by atoms with Gasteiger partial charge in [0.2, 0.25) is 5.91 Å². The van der Waals surface area contributed by atoms with Gasteiger partial charge >= 0.3 is 6.03 Å². The van der Waals surface area contributed by atoms with Crippen molar-refractivity contribution < 1.29 is 19.1 Å². The quantitative estimate of drug-likeness (QED) is 0.542. The molecule has 0 saturated carbocycles. The number of hydrogen-bond acceptors (Lipinski definition) is 5. The molecule has 8 nitrogen and oxygen atoms in total. The molecule has 0 bridgehead atoms. The van der Waals surface area contributed by atoms with E-state index >= 15 is 0 Å². The van der Waals surface area contributed by atoms with Crippen molar-refractivity contribution in [2.24, 2.45) is 0 Å². The molecular weight excluding hydrogens is 276 g/mol. The molecule has 3 N–H and O–H groups in total. The number of hydrogen-bond donors (Lipinski definition) is 3. The Balaban J connectivity index is 1.61. The van der Waals surface area contributed by atoms with Crippen LogP contribution in [0.2, 0.25) is 0 Å². The van der Waals surface area contributed by atoms with Crippen molar-refractivity contribution in [2.45, 2.75) is 30.9 Å². The second-order valence-corrected chi connectivity index (χ2v) is 5.81. The second kappa shape index (κ2) is 5.61. The average Bonchev–Trinajstić information content (AvgIpc) is 2.74. The molecule has 3 rings (SSSR count). The normalized spacial score (nSPS) is 33.0. The van der Waals surface area contributed by atoms with E-state index in [1.807, 2.05) is 0 Å². The van der Waals surface area contributed by atoms with E-state index in [1.54, 1.807) is 4.90 Å². The lowest BCUT2D eigenvalue weighted by molar-refractivity contribution is -0.139. The van der Waals surface area contributed by atoms with E-state index in [0.717, 1.165) is 6.54 Å². The number of nitrogens with one attached hydrogen (secondary N) is 3. The van der Waals surface area contributed by atoms with Gasteiger partial charge in [-0.2, -0.15) is 0 Å². The number of piperidine rings is 1. The van der Waals surface area contributed by atoms with Crippen LogP contribution in [0.3, 0.4) is 0 Å². The molecule has 8 heteroatoms. The molecule has 3 aliphatic heterocycles. The highest BCUT2D eigenvalue weighted by Crippen LogP contribution is 2.25. The predicted octanol–water partition coefficient (Wildman–Crippen LogP) is -1.43. The van der Waals surface area contributed by atoms with Crippen LogP contribution in [0.25, 0.3) is 0 Å². The number of urea groups is 1. The molecule has 3 heterocycles. The summed E-state index contributed by atoms with van der Waals surface area (Å²) in [6, 6.07) is -0.478. The van der Waals surface area contributed by atoms with Crippen LogP contribution >= 0.6 is 0 Å². The van der Waals surface area contributed by atoms with E-state index in [2.05, 4.69) is 16.0 Å². The third-order valence-corrected chi connectivity index (χ3v) is 4.27. The lowest BCUT2D eigenvalue weighted by atomic mass is 9.89. The number of morpholine rings is 1. The van der Waals surface area contributed by atoms with Gasteiger partial charge < -0.3 is 20.3 Å². The Morgan fingerprint density at radius 1 is 1.43 bits per heavy atom. The Kier molecular flexibility index (Phi) is 3.81. The molecule has 116 valence electrons. The van der Waals surface area contributed by atoms with Crippen LogP contribution in [0.4, 0.5) is 4.79 Å². The van der Waals surface area contributed by atoms with Gasteiger partial charge in [-0.3, -0.25) is 14.9 Å². The lowest BCUT2D eigenvalue weighted by Gasteiger charge is -2.38. The molecule has 0 radical (unpaired) electrons. The summed E-state index contributed by atoms with van der Waals surface area (Å²) in [5.41, 5.74) is -0.948. The first-order valence-electron chi connectivity index (χ1n) is 7.33. The van der Waals surface area contributed by atoms with Crippen LogP contribution in [0.15, 0.2) is 0 Å². The highest BCUT2D eigenvalue weighted by Gasteiger charge is 2.49. The summed E-state index contributed by atoms with van der Waals surface area (Å²) >= 11 is 0. The number of amides is 4. The smallest absolute Gasteiger partial charge is 0.322 e. The van der Waals surface area contributed by atoms with Crippen LogP contribution in [0, 0.1) is 0 Å². The molecular formula is C13H20N4O4. The van der Waals surface area contributed by atoms with E-state index < -0.39 is 11.6 Å². The summed E-state index contributed by atoms with van der Waals surface area (Å²) in [5.74, 6) is -0.364. The highest BCUT2D eigenvalue weighted by atomic mass is 16.5. The number of nitrogens with zero attached hydrogens (tertiary/aromatic N) is 1. The van der Waals surface area contributed by atoms with E-state index in [4.69, 9.17) is 4.74 Å². The van der Waals surface area contributed by atoms with Crippen LogP contribution in [0.1, 0.15) is 19.3 Å². The fraction of sp³-hybridized carbons (Fsp3) is 0.769. The SMILES string of the molecule is O=C1NC(=O)C2(CCCN(C(=O)CC3CNCCO3)C2)N1. The van der Waals surface area contributed by atoms with Gasteiger partial charge in [0.25, 0.3) is 5.91 Å². The standard InChI is InChI=1S/C13H20N4O4/c18-10(6-9-7-14-3-5-21-9)17-4-1-2-13(8-17)11(19)15-12(20)16-13/h9,14H,1-8H2,(H2,15,16,19,20). The predicted molar refractivity (Wildman–Crippen MR) is 72.4 cm³/mol. The first-order valence-corrected chi connectivity index (χ1v) is 7.33. The zero-order chi connectivity index (χ0) is 14.9.